The zero-order valence-electron chi connectivity index (χ0n) is 40.3. The molecule has 0 bridgehead atoms. The van der Waals surface area contributed by atoms with Gasteiger partial charge < -0.3 is 51.3 Å². The zero-order valence-corrected chi connectivity index (χ0v) is 42.1. The van der Waals surface area contributed by atoms with Crippen molar-refractivity contribution in [3.63, 3.8) is 0 Å². The third kappa shape index (κ3) is 11.6. The average molecular weight is 1040 g/mol. The highest BCUT2D eigenvalue weighted by Crippen LogP contribution is 2.45. The summed E-state index contributed by atoms with van der Waals surface area (Å²) in [5.74, 6) is -0.759. The first-order chi connectivity index (χ1) is 33.5. The van der Waals surface area contributed by atoms with Gasteiger partial charge in [0.05, 0.1) is 51.0 Å². The molecule has 2 aromatic carbocycles. The van der Waals surface area contributed by atoms with Gasteiger partial charge in [-0.1, -0.05) is 12.1 Å². The predicted octanol–water partition coefficient (Wildman–Crippen LogP) is 8.90. The van der Waals surface area contributed by atoms with Gasteiger partial charge in [-0.2, -0.15) is 31.6 Å². The van der Waals surface area contributed by atoms with Gasteiger partial charge in [0.25, 0.3) is 0 Å². The van der Waals surface area contributed by atoms with Gasteiger partial charge >= 0.3 is 18.4 Å². The molecule has 0 saturated heterocycles. The van der Waals surface area contributed by atoms with E-state index in [1.807, 2.05) is 6.07 Å². The van der Waals surface area contributed by atoms with E-state index < -0.39 is 55.4 Å². The van der Waals surface area contributed by atoms with Crippen LogP contribution in [0.25, 0.3) is 44.3 Å². The van der Waals surface area contributed by atoms with Gasteiger partial charge in [0.1, 0.15) is 31.0 Å². The van der Waals surface area contributed by atoms with Crippen molar-refractivity contribution in [1.82, 2.24) is 35.2 Å². The molecule has 4 heterocycles. The number of anilines is 2. The lowest BCUT2D eigenvalue weighted by Gasteiger charge is -2.25. The maximum absolute atomic E-state index is 14.0. The number of alkyl carbamates (subject to hydrolysis) is 1. The van der Waals surface area contributed by atoms with Crippen LogP contribution >= 0.6 is 14.3 Å². The molecule has 4 atom stereocenters. The largest absolute Gasteiger partial charge is 0.444 e. The van der Waals surface area contributed by atoms with E-state index in [0.717, 1.165) is 38.1 Å². The lowest BCUT2D eigenvalue weighted by molar-refractivity contribution is -0.138. The van der Waals surface area contributed by atoms with Crippen molar-refractivity contribution in [3.05, 3.63) is 71.3 Å². The number of aromatic amines is 2. The third-order valence-electron chi connectivity index (χ3n) is 12.2. The fourth-order valence-electron chi connectivity index (χ4n) is 9.16. The molecule has 4 aromatic heterocycles. The first kappa shape index (κ1) is 53.3. The van der Waals surface area contributed by atoms with Crippen molar-refractivity contribution in [2.75, 3.05) is 37.3 Å². The zero-order chi connectivity index (χ0) is 52.9. The summed E-state index contributed by atoms with van der Waals surface area (Å²) in [6.07, 6.45) is -1.24. The van der Waals surface area contributed by atoms with Crippen molar-refractivity contribution >= 4 is 70.6 Å². The van der Waals surface area contributed by atoms with E-state index in [0.29, 0.717) is 29.1 Å². The number of nitrogens with zero attached hydrogens (tertiary/aromatic N) is 5. The fraction of sp³-hybridized carbons (Fsp3) is 0.426. The minimum atomic E-state index is -4.74. The number of halogens is 6. The molecule has 72 heavy (non-hydrogen) atoms. The van der Waals surface area contributed by atoms with E-state index in [-0.39, 0.29) is 85.8 Å². The number of alkyl halides is 6. The number of nitrogens with one attached hydrogen (secondary N) is 5. The topological polar surface area (TPSA) is 273 Å². The SMILES string of the molecule is CC(C)(C)OC(=O)N[C@H]1CCC[C@@H]1Nc1ncc(C(F)(F)F)c(-c2c[nH]c3c(P(C)(C)=O)c(C#N)ccc23)n1.CP(C)(=O)c1c(C(N)=O)ccc2c(-c3nc(N[C@H]4CCC[C@@H]4N)ncc3C(F)(F)F)c[nH]c12. The van der Waals surface area contributed by atoms with Crippen molar-refractivity contribution in [3.8, 4) is 28.6 Å². The van der Waals surface area contributed by atoms with Crippen LogP contribution < -0.4 is 38.0 Å². The van der Waals surface area contributed by atoms with Crippen LogP contribution in [0.5, 0.6) is 0 Å². The summed E-state index contributed by atoms with van der Waals surface area (Å²) in [4.78, 5) is 46.3. The quantitative estimate of drug-likeness (QED) is 0.0499. The molecule has 2 fully saturated rings. The summed E-state index contributed by atoms with van der Waals surface area (Å²) in [7, 11) is -6.00. The molecule has 6 aromatic rings. The molecule has 0 radical (unpaired) electrons. The Morgan fingerprint density at radius 1 is 0.736 bits per heavy atom. The monoisotopic (exact) mass is 1040 g/mol. The first-order valence-electron chi connectivity index (χ1n) is 22.7. The van der Waals surface area contributed by atoms with Crippen LogP contribution in [0.15, 0.2) is 49.1 Å². The highest BCUT2D eigenvalue weighted by Gasteiger charge is 2.39. The van der Waals surface area contributed by atoms with Crippen molar-refractivity contribution in [1.29, 1.82) is 5.26 Å². The summed E-state index contributed by atoms with van der Waals surface area (Å²) >= 11 is 0. The van der Waals surface area contributed by atoms with Gasteiger partial charge in [-0.3, -0.25) is 4.79 Å². The Hall–Kier alpha value is -6.49. The molecule has 2 amide bonds. The number of hydrogen-bond donors (Lipinski definition) is 7. The van der Waals surface area contributed by atoms with Crippen LogP contribution in [0.2, 0.25) is 0 Å². The number of rotatable bonds is 10. The number of H-pyrrole nitrogens is 2. The number of fused-ring (bicyclic) bond motifs is 2. The number of hydrogen-bond acceptors (Lipinski definition) is 13. The van der Waals surface area contributed by atoms with Gasteiger partial charge in [-0.05, 0) is 98.1 Å². The van der Waals surface area contributed by atoms with Crippen LogP contribution in [-0.2, 0) is 26.2 Å². The number of carbonyl (C=O) groups is 2. The summed E-state index contributed by atoms with van der Waals surface area (Å²) < 4.78 is 115. The number of nitrogens with two attached hydrogens (primary N) is 2. The van der Waals surface area contributed by atoms with E-state index in [1.54, 1.807) is 20.8 Å². The smallest absolute Gasteiger partial charge is 0.419 e. The summed E-state index contributed by atoms with van der Waals surface area (Å²) in [5, 5.41) is 19.6. The third-order valence-corrected chi connectivity index (χ3v) is 15.3. The van der Waals surface area contributed by atoms with Crippen LogP contribution in [0.1, 0.15) is 86.3 Å². The Morgan fingerprint density at radius 3 is 1.67 bits per heavy atom. The van der Waals surface area contributed by atoms with E-state index in [9.17, 15) is 50.3 Å². The lowest BCUT2D eigenvalue weighted by Crippen LogP contribution is -2.45. The molecule has 2 aliphatic carbocycles. The van der Waals surface area contributed by atoms with Crippen molar-refractivity contribution < 1.29 is 49.8 Å². The Labute approximate surface area is 409 Å². The number of carbonyl (C=O) groups excluding carboxylic acids is 2. The average Bonchev–Trinajstić information content (AvgIpc) is 4.08. The highest BCUT2D eigenvalue weighted by molar-refractivity contribution is 7.71. The van der Waals surface area contributed by atoms with Crippen LogP contribution in [0.3, 0.4) is 0 Å². The molecule has 0 aliphatic heterocycles. The van der Waals surface area contributed by atoms with Gasteiger partial charge in [0.2, 0.25) is 17.8 Å². The maximum Gasteiger partial charge on any atom is 0.419 e. The van der Waals surface area contributed by atoms with Gasteiger partial charge in [-0.15, -0.1) is 0 Å². The standard InChI is InChI=1S/C26H30F3N6O3P.C21H24F3N6O2P/c1-25(2,3)38-24(36)34-19-8-6-7-18(19)33-23-32-13-17(26(27,28)29)20(35-23)16-12-31-21-15(16)10-9-14(11-30)22(21)39(4,5)37;1-33(2,32)18-11(19(26)31)7-6-10-12(8-27-17(10)18)16-13(21(22,23)24)9-28-20(30-16)29-15-5-3-4-14(15)25/h9-10,12-13,18-19,31H,6-8H2,1-5H3,(H,34,36)(H,32,33,35);6-9,14-15,27H,3-5,25H2,1-2H3,(H2,26,31)(H,28,29,30)/t18-,19-;14-,15-/m00/s1. The number of benzene rings is 2. The normalized spacial score (nSPS) is 18.6. The minimum absolute atomic E-state index is 0.0271. The van der Waals surface area contributed by atoms with Crippen molar-refractivity contribution in [2.45, 2.75) is 101 Å². The Bertz CT molecular complexity index is 3200. The number of primary amides is 1. The minimum Gasteiger partial charge on any atom is -0.444 e. The van der Waals surface area contributed by atoms with E-state index in [1.165, 1.54) is 63.3 Å². The highest BCUT2D eigenvalue weighted by atomic mass is 31.2. The summed E-state index contributed by atoms with van der Waals surface area (Å²) in [5.41, 5.74) is 9.23. The molecule has 8 rings (SSSR count). The second kappa shape index (κ2) is 19.8. The molecule has 0 spiro atoms. The second-order valence-corrected chi connectivity index (χ2v) is 25.8. The molecule has 2 saturated carbocycles. The Kier molecular flexibility index (Phi) is 14.7. The molecule has 9 N–H and O–H groups in total. The van der Waals surface area contributed by atoms with E-state index >= 15 is 0 Å². The second-order valence-electron chi connectivity index (χ2n) is 19.5. The molecule has 0 unspecified atom stereocenters. The molecule has 17 nitrogen and oxygen atoms in total. The Morgan fingerprint density at radius 2 is 1.21 bits per heavy atom. The van der Waals surface area contributed by atoms with E-state index in [4.69, 9.17) is 16.2 Å². The van der Waals surface area contributed by atoms with Gasteiger partial charge in [0, 0.05) is 70.1 Å². The number of amides is 2. The molecule has 384 valence electrons. The van der Waals surface area contributed by atoms with Crippen molar-refractivity contribution in [2.24, 2.45) is 11.5 Å². The Balaban J connectivity index is 0.000000214. The summed E-state index contributed by atoms with van der Waals surface area (Å²) in [6, 6.07) is 6.93. The predicted molar refractivity (Wildman–Crippen MR) is 264 cm³/mol. The molecule has 25 heteroatoms. The number of ether oxygens (including phenoxy) is 1. The summed E-state index contributed by atoms with van der Waals surface area (Å²) in [6.45, 7) is 11.2. The fourth-order valence-corrected chi connectivity index (χ4v) is 12.1. The molecular weight excluding hydrogens is 989 g/mol. The van der Waals surface area contributed by atoms with Gasteiger partial charge in [-0.25, -0.2) is 24.7 Å². The lowest BCUT2D eigenvalue weighted by atomic mass is 10.0. The number of aromatic nitrogens is 6. The van der Waals surface area contributed by atoms with Gasteiger partial charge in [0.15, 0.2) is 0 Å². The van der Waals surface area contributed by atoms with Crippen LogP contribution in [-0.4, -0.2) is 98.3 Å². The molecular formula is C47H54F6N12O5P2. The molecule has 2 aliphatic rings. The number of nitriles is 1. The van der Waals surface area contributed by atoms with Crippen LogP contribution in [0.4, 0.5) is 43.0 Å². The maximum atomic E-state index is 14.0. The van der Waals surface area contributed by atoms with E-state index in [2.05, 4.69) is 45.9 Å². The first-order valence-corrected chi connectivity index (χ1v) is 27.9. The van der Waals surface area contributed by atoms with Crippen LogP contribution in [0, 0.1) is 11.3 Å².